The van der Waals surface area contributed by atoms with Crippen molar-refractivity contribution in [3.63, 3.8) is 0 Å². The average Bonchev–Trinajstić information content (AvgIpc) is 2.74. The number of amides is 2. The summed E-state index contributed by atoms with van der Waals surface area (Å²) in [6.45, 7) is 1.98. The molecule has 1 aromatic heterocycles. The molecular formula is C22H18F2N4O3S. The number of carbonyl (C=O) groups is 2. The third-order valence-corrected chi connectivity index (χ3v) is 5.83. The number of hydrogen-bond acceptors (Lipinski definition) is 5. The van der Waals surface area contributed by atoms with Gasteiger partial charge < -0.3 is 15.6 Å². The van der Waals surface area contributed by atoms with Crippen molar-refractivity contribution in [2.45, 2.75) is 30.2 Å². The lowest BCUT2D eigenvalue weighted by Crippen LogP contribution is -2.36. The van der Waals surface area contributed by atoms with Gasteiger partial charge in [0.15, 0.2) is 5.16 Å². The van der Waals surface area contributed by atoms with Gasteiger partial charge in [-0.15, -0.1) is 0 Å². The highest BCUT2D eigenvalue weighted by molar-refractivity contribution is 7.98. The first-order valence-corrected chi connectivity index (χ1v) is 10.7. The minimum Gasteiger partial charge on any atom is -0.323 e. The molecule has 1 aliphatic heterocycles. The molecule has 7 nitrogen and oxygen atoms in total. The third kappa shape index (κ3) is 4.70. The summed E-state index contributed by atoms with van der Waals surface area (Å²) >= 11 is 1.28. The number of nitrogens with one attached hydrogen (secondary N) is 3. The van der Waals surface area contributed by atoms with Crippen LogP contribution in [0.1, 0.15) is 29.0 Å². The summed E-state index contributed by atoms with van der Waals surface area (Å²) in [5.41, 5.74) is 1.15. The summed E-state index contributed by atoms with van der Waals surface area (Å²) in [4.78, 5) is 44.6. The Balaban J connectivity index is 1.59. The number of aromatic nitrogens is 2. The van der Waals surface area contributed by atoms with E-state index in [0.29, 0.717) is 5.75 Å². The van der Waals surface area contributed by atoms with Crippen LogP contribution >= 0.6 is 11.8 Å². The molecule has 1 aliphatic rings. The Bertz CT molecular complexity index is 1280. The number of aryl methyl sites for hydroxylation is 1. The first kappa shape index (κ1) is 21.7. The van der Waals surface area contributed by atoms with E-state index in [1.165, 1.54) is 11.8 Å². The minimum atomic E-state index is -1.20. The normalized spacial score (nSPS) is 15.1. The maximum absolute atomic E-state index is 13.9. The van der Waals surface area contributed by atoms with Crippen LogP contribution in [-0.4, -0.2) is 21.8 Å². The molecule has 2 amide bonds. The average molecular weight is 456 g/mol. The highest BCUT2D eigenvalue weighted by Crippen LogP contribution is 2.31. The van der Waals surface area contributed by atoms with Gasteiger partial charge in [0, 0.05) is 18.2 Å². The summed E-state index contributed by atoms with van der Waals surface area (Å²) < 4.78 is 27.3. The summed E-state index contributed by atoms with van der Waals surface area (Å²) in [6.07, 6.45) is -0.323. The number of H-pyrrole nitrogens is 1. The van der Waals surface area contributed by atoms with E-state index in [9.17, 15) is 23.2 Å². The molecule has 2 heterocycles. The van der Waals surface area contributed by atoms with Crippen molar-refractivity contribution in [2.24, 2.45) is 0 Å². The number of anilines is 2. The second-order valence-corrected chi connectivity index (χ2v) is 8.29. The smallest absolute Gasteiger partial charge is 0.257 e. The van der Waals surface area contributed by atoms with Crippen LogP contribution in [0.2, 0.25) is 0 Å². The lowest BCUT2D eigenvalue weighted by Gasteiger charge is -2.23. The lowest BCUT2D eigenvalue weighted by molar-refractivity contribution is -0.123. The molecule has 32 heavy (non-hydrogen) atoms. The van der Waals surface area contributed by atoms with Gasteiger partial charge in [0.2, 0.25) is 11.8 Å². The van der Waals surface area contributed by atoms with Crippen molar-refractivity contribution in [1.82, 2.24) is 9.97 Å². The van der Waals surface area contributed by atoms with Gasteiger partial charge >= 0.3 is 0 Å². The first-order chi connectivity index (χ1) is 15.3. The van der Waals surface area contributed by atoms with Crippen LogP contribution < -0.4 is 16.2 Å². The van der Waals surface area contributed by atoms with Crippen molar-refractivity contribution in [3.05, 3.63) is 81.1 Å². The van der Waals surface area contributed by atoms with E-state index in [1.54, 1.807) is 0 Å². The van der Waals surface area contributed by atoms with Gasteiger partial charge in [0.05, 0.1) is 17.2 Å². The van der Waals surface area contributed by atoms with Crippen molar-refractivity contribution in [3.8, 4) is 0 Å². The van der Waals surface area contributed by atoms with E-state index in [0.717, 1.165) is 29.3 Å². The SMILES string of the molecule is Cc1cccc(CSc2nc3c(c(=O)[nH]2)[C@H](C(=O)Nc2cc(F)ccc2F)CC(=O)N3)c1. The number of carbonyl (C=O) groups excluding carboxylic acids is 2. The molecule has 2 aromatic carbocycles. The van der Waals surface area contributed by atoms with Crippen LogP contribution in [0.3, 0.4) is 0 Å². The second-order valence-electron chi connectivity index (χ2n) is 7.33. The minimum absolute atomic E-state index is 0.0170. The predicted octanol–water partition coefficient (Wildman–Crippen LogP) is 3.71. The van der Waals surface area contributed by atoms with Crippen molar-refractivity contribution in [2.75, 3.05) is 10.6 Å². The van der Waals surface area contributed by atoms with Gasteiger partial charge in [-0.25, -0.2) is 13.8 Å². The zero-order chi connectivity index (χ0) is 22.8. The van der Waals surface area contributed by atoms with Crippen LogP contribution in [0.25, 0.3) is 0 Å². The van der Waals surface area contributed by atoms with E-state index in [-0.39, 0.29) is 28.6 Å². The fourth-order valence-electron chi connectivity index (χ4n) is 3.41. The number of hydrogen-bond donors (Lipinski definition) is 3. The number of thioether (sulfide) groups is 1. The number of rotatable bonds is 5. The predicted molar refractivity (Wildman–Crippen MR) is 117 cm³/mol. The largest absolute Gasteiger partial charge is 0.323 e. The topological polar surface area (TPSA) is 104 Å². The number of fused-ring (bicyclic) bond motifs is 1. The summed E-state index contributed by atoms with van der Waals surface area (Å²) in [6, 6.07) is 10.5. The van der Waals surface area contributed by atoms with Crippen molar-refractivity contribution < 1.29 is 18.4 Å². The van der Waals surface area contributed by atoms with Crippen molar-refractivity contribution in [1.29, 1.82) is 0 Å². The molecule has 164 valence electrons. The zero-order valence-corrected chi connectivity index (χ0v) is 17.7. The van der Waals surface area contributed by atoms with E-state index in [4.69, 9.17) is 0 Å². The Kier molecular flexibility index (Phi) is 6.04. The summed E-state index contributed by atoms with van der Waals surface area (Å²) in [5, 5.41) is 5.06. The summed E-state index contributed by atoms with van der Waals surface area (Å²) in [5.74, 6) is -3.57. The molecule has 3 aromatic rings. The van der Waals surface area contributed by atoms with E-state index < -0.39 is 34.9 Å². The van der Waals surface area contributed by atoms with Gasteiger partial charge in [-0.1, -0.05) is 41.6 Å². The Morgan fingerprint density at radius 2 is 2.03 bits per heavy atom. The Hall–Kier alpha value is -3.53. The Morgan fingerprint density at radius 3 is 2.81 bits per heavy atom. The first-order valence-electron chi connectivity index (χ1n) is 9.68. The molecule has 0 bridgehead atoms. The Morgan fingerprint density at radius 1 is 1.22 bits per heavy atom. The number of halogens is 2. The molecule has 0 saturated carbocycles. The maximum atomic E-state index is 13.9. The highest BCUT2D eigenvalue weighted by atomic mass is 32.2. The van der Waals surface area contributed by atoms with Crippen LogP contribution in [0, 0.1) is 18.6 Å². The van der Waals surface area contributed by atoms with Gasteiger partial charge in [-0.2, -0.15) is 0 Å². The maximum Gasteiger partial charge on any atom is 0.257 e. The quantitative estimate of drug-likeness (QED) is 0.401. The molecule has 0 spiro atoms. The fourth-order valence-corrected chi connectivity index (χ4v) is 4.21. The van der Waals surface area contributed by atoms with Crippen LogP contribution in [-0.2, 0) is 15.3 Å². The number of nitrogens with zero attached hydrogens (tertiary/aromatic N) is 1. The lowest BCUT2D eigenvalue weighted by atomic mass is 9.92. The monoisotopic (exact) mass is 456 g/mol. The van der Waals surface area contributed by atoms with Crippen molar-refractivity contribution >= 4 is 35.1 Å². The summed E-state index contributed by atoms with van der Waals surface area (Å²) in [7, 11) is 0. The molecule has 1 atom stereocenters. The van der Waals surface area contributed by atoms with Gasteiger partial charge in [0.1, 0.15) is 17.5 Å². The molecule has 0 saturated heterocycles. The highest BCUT2D eigenvalue weighted by Gasteiger charge is 2.35. The van der Waals surface area contributed by atoms with Crippen LogP contribution in [0.4, 0.5) is 20.3 Å². The van der Waals surface area contributed by atoms with E-state index in [2.05, 4.69) is 20.6 Å². The molecule has 10 heteroatoms. The molecule has 0 fully saturated rings. The van der Waals surface area contributed by atoms with Crippen LogP contribution in [0.5, 0.6) is 0 Å². The molecule has 3 N–H and O–H groups in total. The molecule has 4 rings (SSSR count). The van der Waals surface area contributed by atoms with E-state index >= 15 is 0 Å². The zero-order valence-electron chi connectivity index (χ0n) is 16.9. The number of benzene rings is 2. The standard InChI is InChI=1S/C22H18F2N4O3S/c1-11-3-2-4-12(7-11)10-32-22-27-19-18(21(31)28-22)14(9-17(29)26-19)20(30)25-16-8-13(23)5-6-15(16)24/h2-8,14H,9-10H2,1H3,(H,25,30)(H2,26,27,28,29,31)/t14-/m1/s1. The third-order valence-electron chi connectivity index (χ3n) is 4.89. The molecular weight excluding hydrogens is 438 g/mol. The molecule has 0 aliphatic carbocycles. The van der Waals surface area contributed by atoms with Gasteiger partial charge in [-0.3, -0.25) is 14.4 Å². The van der Waals surface area contributed by atoms with Gasteiger partial charge in [0.25, 0.3) is 5.56 Å². The molecule has 0 unspecified atom stereocenters. The second kappa shape index (κ2) is 8.91. The Labute approximate surface area is 185 Å². The van der Waals surface area contributed by atoms with E-state index in [1.807, 2.05) is 31.2 Å². The number of aromatic amines is 1. The van der Waals surface area contributed by atoms with Gasteiger partial charge in [-0.05, 0) is 24.6 Å². The fraction of sp³-hybridized carbons (Fsp3) is 0.182. The molecule has 0 radical (unpaired) electrons. The van der Waals surface area contributed by atoms with Crippen LogP contribution in [0.15, 0.2) is 52.4 Å².